The van der Waals surface area contributed by atoms with E-state index in [1.54, 1.807) is 0 Å². The Morgan fingerprint density at radius 2 is 1.93 bits per heavy atom. The van der Waals surface area contributed by atoms with E-state index in [2.05, 4.69) is 4.74 Å². The maximum atomic E-state index is 10.6. The number of benzene rings is 1. The highest BCUT2D eigenvalue weighted by Gasteiger charge is 2.20. The van der Waals surface area contributed by atoms with Crippen LogP contribution in [0.25, 0.3) is 0 Å². The van der Waals surface area contributed by atoms with E-state index in [1.807, 2.05) is 0 Å². The van der Waals surface area contributed by atoms with E-state index in [4.69, 9.17) is 5.11 Å². The fourth-order valence-corrected chi connectivity index (χ4v) is 0.838. The summed E-state index contributed by atoms with van der Waals surface area (Å²) in [5, 5.41) is 18.7. The molecule has 7 nitrogen and oxygen atoms in total. The Hall–Kier alpha value is -2.44. The first-order valence-electron chi connectivity index (χ1n) is 3.71. The lowest BCUT2D eigenvalue weighted by Crippen LogP contribution is -2.19. The first kappa shape index (κ1) is 10.6. The molecule has 1 rings (SSSR count). The van der Waals surface area contributed by atoms with Gasteiger partial charge in [0, 0.05) is 6.07 Å². The van der Waals surface area contributed by atoms with Gasteiger partial charge in [-0.25, -0.2) is 9.59 Å². The number of nitro groups is 1. The molecule has 0 aliphatic heterocycles. The molecule has 0 aliphatic carbocycles. The highest BCUT2D eigenvalue weighted by atomic mass is 16.6. The van der Waals surface area contributed by atoms with Crippen molar-refractivity contribution in [3.05, 3.63) is 34.4 Å². The largest absolute Gasteiger partial charge is 0.473 e. The third-order valence-electron chi connectivity index (χ3n) is 1.44. The van der Waals surface area contributed by atoms with Crippen LogP contribution >= 0.6 is 0 Å². The Bertz CT molecular complexity index is 427. The Morgan fingerprint density at radius 1 is 1.33 bits per heavy atom. The van der Waals surface area contributed by atoms with Crippen LogP contribution in [0.1, 0.15) is 0 Å². The van der Waals surface area contributed by atoms with Gasteiger partial charge < -0.3 is 9.84 Å². The highest BCUT2D eigenvalue weighted by molar-refractivity contribution is 6.29. The van der Waals surface area contributed by atoms with Crippen LogP contribution in [0.3, 0.4) is 0 Å². The normalized spacial score (nSPS) is 9.33. The van der Waals surface area contributed by atoms with Crippen molar-refractivity contribution in [1.29, 1.82) is 0 Å². The lowest BCUT2D eigenvalue weighted by Gasteiger charge is -2.00. The second kappa shape index (κ2) is 4.18. The molecule has 1 aromatic rings. The molecule has 0 fully saturated rings. The van der Waals surface area contributed by atoms with Gasteiger partial charge in [0.1, 0.15) is 0 Å². The number of para-hydroxylation sites is 2. The van der Waals surface area contributed by atoms with Crippen molar-refractivity contribution < 1.29 is 24.4 Å². The third kappa shape index (κ3) is 2.50. The molecule has 0 amide bonds. The zero-order chi connectivity index (χ0) is 11.4. The van der Waals surface area contributed by atoms with Crippen LogP contribution in [0.2, 0.25) is 0 Å². The smallest absolute Gasteiger partial charge is 0.422 e. The number of carboxylic acid groups (broad SMARTS) is 1. The number of carbonyl (C=O) groups excluding carboxylic acids is 1. The van der Waals surface area contributed by atoms with Gasteiger partial charge >= 0.3 is 17.6 Å². The van der Waals surface area contributed by atoms with Gasteiger partial charge in [0.05, 0.1) is 4.92 Å². The first-order chi connectivity index (χ1) is 7.02. The predicted octanol–water partition coefficient (Wildman–Crippen LogP) is 0.585. The molecule has 0 saturated carbocycles. The average Bonchev–Trinajstić information content (AvgIpc) is 2.18. The molecule has 0 aliphatic rings. The second-order valence-electron chi connectivity index (χ2n) is 2.42. The van der Waals surface area contributed by atoms with Gasteiger partial charge in [0.25, 0.3) is 0 Å². The molecule has 1 aromatic carbocycles. The molecule has 0 bridgehead atoms. The van der Waals surface area contributed by atoms with E-state index in [0.717, 1.165) is 12.1 Å². The number of nitro benzene ring substituents is 1. The quantitative estimate of drug-likeness (QED) is 0.252. The van der Waals surface area contributed by atoms with Gasteiger partial charge in [0.2, 0.25) is 5.75 Å². The predicted molar refractivity (Wildman–Crippen MR) is 46.4 cm³/mol. The van der Waals surface area contributed by atoms with Crippen LogP contribution in [-0.4, -0.2) is 22.0 Å². The SMILES string of the molecule is O=C(O)C(=O)Oc1ccccc1[N+](=O)[O-]. The van der Waals surface area contributed by atoms with Crippen molar-refractivity contribution in [1.82, 2.24) is 0 Å². The van der Waals surface area contributed by atoms with Crippen molar-refractivity contribution >= 4 is 17.6 Å². The maximum absolute atomic E-state index is 10.6. The zero-order valence-electron chi connectivity index (χ0n) is 7.25. The summed E-state index contributed by atoms with van der Waals surface area (Å²) >= 11 is 0. The van der Waals surface area contributed by atoms with Gasteiger partial charge in [-0.15, -0.1) is 0 Å². The summed E-state index contributed by atoms with van der Waals surface area (Å²) in [6.07, 6.45) is 0. The summed E-state index contributed by atoms with van der Waals surface area (Å²) in [4.78, 5) is 30.4. The number of esters is 1. The fourth-order valence-electron chi connectivity index (χ4n) is 0.838. The van der Waals surface area contributed by atoms with Crippen LogP contribution in [0.4, 0.5) is 5.69 Å². The van der Waals surface area contributed by atoms with Crippen LogP contribution in [0.15, 0.2) is 24.3 Å². The van der Waals surface area contributed by atoms with E-state index in [-0.39, 0.29) is 0 Å². The lowest BCUT2D eigenvalue weighted by atomic mass is 10.3. The molecular weight excluding hydrogens is 206 g/mol. The van der Waals surface area contributed by atoms with Gasteiger partial charge in [-0.3, -0.25) is 10.1 Å². The van der Waals surface area contributed by atoms with Crippen LogP contribution in [-0.2, 0) is 9.59 Å². The number of hydrogen-bond donors (Lipinski definition) is 1. The van der Waals surface area contributed by atoms with Crippen molar-refractivity contribution in [3.63, 3.8) is 0 Å². The van der Waals surface area contributed by atoms with Gasteiger partial charge in [0.15, 0.2) is 0 Å². The number of carboxylic acids is 1. The molecule has 0 spiro atoms. The maximum Gasteiger partial charge on any atom is 0.422 e. The average molecular weight is 211 g/mol. The van der Waals surface area contributed by atoms with Gasteiger partial charge in [-0.05, 0) is 6.07 Å². The molecule has 15 heavy (non-hydrogen) atoms. The number of ether oxygens (including phenoxy) is 1. The molecular formula is C8H5NO6. The Kier molecular flexibility index (Phi) is 2.97. The standard InChI is InChI=1S/C8H5NO6/c10-7(11)8(12)15-6-4-2-1-3-5(6)9(13)14/h1-4H,(H,10,11). The van der Waals surface area contributed by atoms with Crippen molar-refractivity contribution in [2.75, 3.05) is 0 Å². The Morgan fingerprint density at radius 3 is 2.47 bits per heavy atom. The number of aliphatic carboxylic acids is 1. The summed E-state index contributed by atoms with van der Waals surface area (Å²) in [5.74, 6) is -3.77. The summed E-state index contributed by atoms with van der Waals surface area (Å²) in [6, 6.07) is 5.00. The summed E-state index contributed by atoms with van der Waals surface area (Å²) < 4.78 is 4.29. The fraction of sp³-hybridized carbons (Fsp3) is 0. The van der Waals surface area contributed by atoms with Crippen molar-refractivity contribution in [2.45, 2.75) is 0 Å². The minimum Gasteiger partial charge on any atom is -0.473 e. The summed E-state index contributed by atoms with van der Waals surface area (Å²) in [5.41, 5.74) is -0.466. The molecule has 0 atom stereocenters. The molecule has 0 aromatic heterocycles. The molecule has 0 unspecified atom stereocenters. The van der Waals surface area contributed by atoms with Crippen LogP contribution in [0.5, 0.6) is 5.75 Å². The Labute approximate surface area is 83.0 Å². The molecule has 1 N–H and O–H groups in total. The number of hydrogen-bond acceptors (Lipinski definition) is 5. The van der Waals surface area contributed by atoms with Crippen molar-refractivity contribution in [3.8, 4) is 5.75 Å². The molecule has 0 saturated heterocycles. The number of carbonyl (C=O) groups is 2. The molecule has 0 heterocycles. The molecule has 0 radical (unpaired) electrons. The van der Waals surface area contributed by atoms with Gasteiger partial charge in [-0.2, -0.15) is 0 Å². The molecule has 78 valence electrons. The number of rotatable bonds is 2. The second-order valence-corrected chi connectivity index (χ2v) is 2.42. The lowest BCUT2D eigenvalue weighted by molar-refractivity contribution is -0.385. The van der Waals surface area contributed by atoms with Crippen molar-refractivity contribution in [2.24, 2.45) is 0 Å². The topological polar surface area (TPSA) is 107 Å². The molecule has 7 heteroatoms. The minimum absolute atomic E-state index is 0.394. The monoisotopic (exact) mass is 211 g/mol. The Balaban J connectivity index is 2.99. The number of nitrogens with zero attached hydrogens (tertiary/aromatic N) is 1. The van der Waals surface area contributed by atoms with E-state index in [1.165, 1.54) is 12.1 Å². The zero-order valence-corrected chi connectivity index (χ0v) is 7.25. The highest BCUT2D eigenvalue weighted by Crippen LogP contribution is 2.25. The first-order valence-corrected chi connectivity index (χ1v) is 3.71. The third-order valence-corrected chi connectivity index (χ3v) is 1.44. The summed E-state index contributed by atoms with van der Waals surface area (Å²) in [6.45, 7) is 0. The van der Waals surface area contributed by atoms with Crippen LogP contribution < -0.4 is 4.74 Å². The van der Waals surface area contributed by atoms with Gasteiger partial charge in [-0.1, -0.05) is 12.1 Å². The minimum atomic E-state index is -1.81. The van der Waals surface area contributed by atoms with E-state index in [0.29, 0.717) is 0 Å². The van der Waals surface area contributed by atoms with E-state index < -0.39 is 28.3 Å². The van der Waals surface area contributed by atoms with E-state index in [9.17, 15) is 19.7 Å². The van der Waals surface area contributed by atoms with Crippen LogP contribution in [0, 0.1) is 10.1 Å². The summed E-state index contributed by atoms with van der Waals surface area (Å²) in [7, 11) is 0. The van der Waals surface area contributed by atoms with E-state index >= 15 is 0 Å².